The Hall–Kier alpha value is -1.46. The number of benzene rings is 1. The van der Waals surface area contributed by atoms with Crippen molar-refractivity contribution < 1.29 is 14.6 Å². The van der Waals surface area contributed by atoms with Gasteiger partial charge in [0.15, 0.2) is 0 Å². The number of carbonyl (C=O) groups excluding carboxylic acids is 1. The molecule has 2 rings (SSSR count). The monoisotopic (exact) mass is 326 g/mol. The molecule has 2 N–H and O–H groups in total. The van der Waals surface area contributed by atoms with Crippen LogP contribution in [0.2, 0.25) is 5.02 Å². The Morgan fingerprint density at radius 3 is 3.00 bits per heavy atom. The lowest BCUT2D eigenvalue weighted by atomic mass is 9.96. The highest BCUT2D eigenvalue weighted by Gasteiger charge is 2.27. The number of piperidine rings is 1. The SMILES string of the molecule is CCCOc1ccc(Cl)cc1NC(=O)N1CCC(C)C(O)C1. The number of urea groups is 1. The van der Waals surface area contributed by atoms with Gasteiger partial charge in [0.05, 0.1) is 18.4 Å². The quantitative estimate of drug-likeness (QED) is 0.891. The molecular weight excluding hydrogens is 304 g/mol. The molecule has 1 aromatic rings. The van der Waals surface area contributed by atoms with Crippen molar-refractivity contribution in [1.82, 2.24) is 4.90 Å². The standard InChI is InChI=1S/C16H23ClN2O3/c1-3-8-22-15-5-4-12(17)9-13(15)18-16(21)19-7-6-11(2)14(20)10-19/h4-5,9,11,14,20H,3,6-8,10H2,1-2H3,(H,18,21). The molecule has 2 unspecified atom stereocenters. The second-order valence-corrected chi connectivity index (χ2v) is 6.13. The molecule has 122 valence electrons. The molecule has 1 aromatic carbocycles. The number of aliphatic hydroxyl groups excluding tert-OH is 1. The van der Waals surface area contributed by atoms with Gasteiger partial charge in [0.25, 0.3) is 0 Å². The van der Waals surface area contributed by atoms with Gasteiger partial charge < -0.3 is 20.1 Å². The summed E-state index contributed by atoms with van der Waals surface area (Å²) in [6.07, 6.45) is 1.20. The van der Waals surface area contributed by atoms with Crippen LogP contribution in [0, 0.1) is 5.92 Å². The van der Waals surface area contributed by atoms with Crippen LogP contribution in [-0.2, 0) is 0 Å². The molecule has 0 aliphatic carbocycles. The molecule has 0 spiro atoms. The Balaban J connectivity index is 2.05. The summed E-state index contributed by atoms with van der Waals surface area (Å²) in [4.78, 5) is 14.0. The molecule has 2 amide bonds. The van der Waals surface area contributed by atoms with E-state index in [1.807, 2.05) is 13.8 Å². The average molecular weight is 327 g/mol. The van der Waals surface area contributed by atoms with Gasteiger partial charge in [0.2, 0.25) is 0 Å². The van der Waals surface area contributed by atoms with Gasteiger partial charge in [0.1, 0.15) is 5.75 Å². The smallest absolute Gasteiger partial charge is 0.322 e. The first-order valence-corrected chi connectivity index (χ1v) is 8.05. The Morgan fingerprint density at radius 1 is 1.55 bits per heavy atom. The van der Waals surface area contributed by atoms with Gasteiger partial charge in [0, 0.05) is 18.1 Å². The summed E-state index contributed by atoms with van der Waals surface area (Å²) < 4.78 is 5.63. The predicted octanol–water partition coefficient (Wildman–Crippen LogP) is 3.36. The number of rotatable bonds is 4. The fraction of sp³-hybridized carbons (Fsp3) is 0.562. The molecule has 6 heteroatoms. The van der Waals surface area contributed by atoms with Crippen LogP contribution in [0.5, 0.6) is 5.75 Å². The fourth-order valence-corrected chi connectivity index (χ4v) is 2.54. The molecule has 1 saturated heterocycles. The number of hydrogen-bond donors (Lipinski definition) is 2. The fourth-order valence-electron chi connectivity index (χ4n) is 2.37. The Morgan fingerprint density at radius 2 is 2.32 bits per heavy atom. The number of amides is 2. The van der Waals surface area contributed by atoms with E-state index < -0.39 is 6.10 Å². The van der Waals surface area contributed by atoms with Gasteiger partial charge >= 0.3 is 6.03 Å². The first kappa shape index (κ1) is 16.9. The maximum Gasteiger partial charge on any atom is 0.322 e. The highest BCUT2D eigenvalue weighted by Crippen LogP contribution is 2.29. The Bertz CT molecular complexity index is 524. The number of β-amino-alcohol motifs (C(OH)–C–C–N with tert-alkyl or cyclic N) is 1. The van der Waals surface area contributed by atoms with E-state index in [4.69, 9.17) is 16.3 Å². The van der Waals surface area contributed by atoms with Crippen molar-refractivity contribution >= 4 is 23.3 Å². The van der Waals surface area contributed by atoms with Crippen molar-refractivity contribution in [3.05, 3.63) is 23.2 Å². The number of ether oxygens (including phenoxy) is 1. The number of carbonyl (C=O) groups is 1. The molecule has 1 heterocycles. The summed E-state index contributed by atoms with van der Waals surface area (Å²) in [7, 11) is 0. The van der Waals surface area contributed by atoms with E-state index in [0.29, 0.717) is 36.2 Å². The molecular formula is C16H23ClN2O3. The number of aliphatic hydroxyl groups is 1. The second kappa shape index (κ2) is 7.70. The van der Waals surface area contributed by atoms with Crippen LogP contribution < -0.4 is 10.1 Å². The van der Waals surface area contributed by atoms with Crippen molar-refractivity contribution in [3.8, 4) is 5.75 Å². The number of hydrogen-bond acceptors (Lipinski definition) is 3. The molecule has 22 heavy (non-hydrogen) atoms. The lowest BCUT2D eigenvalue weighted by molar-refractivity contribution is 0.0463. The van der Waals surface area contributed by atoms with E-state index in [1.54, 1.807) is 23.1 Å². The molecule has 5 nitrogen and oxygen atoms in total. The summed E-state index contributed by atoms with van der Waals surface area (Å²) in [6, 6.07) is 4.91. The minimum absolute atomic E-state index is 0.221. The average Bonchev–Trinajstić information content (AvgIpc) is 2.49. The van der Waals surface area contributed by atoms with Crippen molar-refractivity contribution in [2.24, 2.45) is 5.92 Å². The molecule has 0 bridgehead atoms. The zero-order valence-electron chi connectivity index (χ0n) is 13.0. The normalized spacial score (nSPS) is 21.5. The summed E-state index contributed by atoms with van der Waals surface area (Å²) in [6.45, 7) is 5.57. The minimum atomic E-state index is -0.477. The minimum Gasteiger partial charge on any atom is -0.491 e. The molecule has 0 radical (unpaired) electrons. The van der Waals surface area contributed by atoms with Crippen LogP contribution in [-0.4, -0.2) is 41.8 Å². The highest BCUT2D eigenvalue weighted by atomic mass is 35.5. The molecule has 0 aromatic heterocycles. The van der Waals surface area contributed by atoms with E-state index in [-0.39, 0.29) is 11.9 Å². The topological polar surface area (TPSA) is 61.8 Å². The third-order valence-corrected chi connectivity index (χ3v) is 4.09. The van der Waals surface area contributed by atoms with Gasteiger partial charge in [-0.1, -0.05) is 25.4 Å². The summed E-state index contributed by atoms with van der Waals surface area (Å²) in [5.41, 5.74) is 0.555. The summed E-state index contributed by atoms with van der Waals surface area (Å²) in [5, 5.41) is 13.3. The van der Waals surface area contributed by atoms with Crippen molar-refractivity contribution in [2.45, 2.75) is 32.8 Å². The van der Waals surface area contributed by atoms with E-state index in [1.165, 1.54) is 0 Å². The van der Waals surface area contributed by atoms with E-state index in [9.17, 15) is 9.90 Å². The molecule has 1 aliphatic heterocycles. The van der Waals surface area contributed by atoms with Crippen LogP contribution >= 0.6 is 11.6 Å². The van der Waals surface area contributed by atoms with Crippen molar-refractivity contribution in [2.75, 3.05) is 25.0 Å². The van der Waals surface area contributed by atoms with Crippen LogP contribution in [0.3, 0.4) is 0 Å². The third kappa shape index (κ3) is 4.27. The number of likely N-dealkylation sites (tertiary alicyclic amines) is 1. The largest absolute Gasteiger partial charge is 0.491 e. The molecule has 0 saturated carbocycles. The van der Waals surface area contributed by atoms with Crippen LogP contribution in [0.4, 0.5) is 10.5 Å². The van der Waals surface area contributed by atoms with Crippen molar-refractivity contribution in [1.29, 1.82) is 0 Å². The highest BCUT2D eigenvalue weighted by molar-refractivity contribution is 6.31. The van der Waals surface area contributed by atoms with Gasteiger partial charge in [-0.15, -0.1) is 0 Å². The van der Waals surface area contributed by atoms with E-state index in [2.05, 4.69) is 5.32 Å². The molecule has 1 fully saturated rings. The summed E-state index contributed by atoms with van der Waals surface area (Å²) >= 11 is 6.00. The van der Waals surface area contributed by atoms with Gasteiger partial charge in [-0.05, 0) is 37.0 Å². The number of nitrogens with zero attached hydrogens (tertiary/aromatic N) is 1. The zero-order chi connectivity index (χ0) is 16.1. The van der Waals surface area contributed by atoms with E-state index in [0.717, 1.165) is 12.8 Å². The maximum absolute atomic E-state index is 12.4. The van der Waals surface area contributed by atoms with Gasteiger partial charge in [-0.2, -0.15) is 0 Å². The van der Waals surface area contributed by atoms with Gasteiger partial charge in [-0.25, -0.2) is 4.79 Å². The number of anilines is 1. The number of halogens is 1. The second-order valence-electron chi connectivity index (χ2n) is 5.70. The third-order valence-electron chi connectivity index (χ3n) is 3.85. The van der Waals surface area contributed by atoms with E-state index >= 15 is 0 Å². The van der Waals surface area contributed by atoms with Crippen LogP contribution in [0.1, 0.15) is 26.7 Å². The molecule has 2 atom stereocenters. The summed E-state index contributed by atoms with van der Waals surface area (Å²) in [5.74, 6) is 0.823. The number of nitrogens with one attached hydrogen (secondary N) is 1. The lowest BCUT2D eigenvalue weighted by Gasteiger charge is -2.34. The Kier molecular flexibility index (Phi) is 5.91. The van der Waals surface area contributed by atoms with Crippen molar-refractivity contribution in [3.63, 3.8) is 0 Å². The zero-order valence-corrected chi connectivity index (χ0v) is 13.8. The predicted molar refractivity (Wildman–Crippen MR) is 87.6 cm³/mol. The first-order chi connectivity index (χ1) is 10.5. The van der Waals surface area contributed by atoms with Crippen LogP contribution in [0.15, 0.2) is 18.2 Å². The maximum atomic E-state index is 12.4. The van der Waals surface area contributed by atoms with Crippen LogP contribution in [0.25, 0.3) is 0 Å². The lowest BCUT2D eigenvalue weighted by Crippen LogP contribution is -2.47. The van der Waals surface area contributed by atoms with Gasteiger partial charge in [-0.3, -0.25) is 0 Å². The first-order valence-electron chi connectivity index (χ1n) is 7.67. The molecule has 1 aliphatic rings. The Labute approximate surface area is 136 Å².